The molecule has 2 aliphatic rings. The van der Waals surface area contributed by atoms with Gasteiger partial charge in [-0.1, -0.05) is 11.6 Å². The maximum Gasteiger partial charge on any atom is 0.255 e. The third-order valence-corrected chi connectivity index (χ3v) is 10.5. The van der Waals surface area contributed by atoms with E-state index in [9.17, 15) is 36.3 Å². The predicted octanol–water partition coefficient (Wildman–Crippen LogP) is 4.40. The number of carbonyl (C=O) groups is 2. The Morgan fingerprint density at radius 3 is 2.26 bits per heavy atom. The van der Waals surface area contributed by atoms with Crippen LogP contribution in [0.15, 0.2) is 35.2 Å². The first kappa shape index (κ1) is 28.5. The van der Waals surface area contributed by atoms with Crippen LogP contribution in [-0.4, -0.2) is 42.1 Å². The number of sulfone groups is 1. The summed E-state index contributed by atoms with van der Waals surface area (Å²) in [6.45, 7) is 1.58. The minimum absolute atomic E-state index is 0.101. The number of ketones is 1. The monoisotopic (exact) mass is 572 g/mol. The molecule has 206 valence electrons. The molecular formula is C26H28ClF3N2O5S. The van der Waals surface area contributed by atoms with E-state index in [2.05, 4.69) is 5.32 Å². The van der Waals surface area contributed by atoms with Crippen LogP contribution in [-0.2, 0) is 14.6 Å². The van der Waals surface area contributed by atoms with Gasteiger partial charge in [-0.2, -0.15) is 0 Å². The number of carbonyl (C=O) groups excluding carboxylic acids is 2. The van der Waals surface area contributed by atoms with Crippen LogP contribution in [0.25, 0.3) is 0 Å². The Labute approximate surface area is 223 Å². The molecule has 2 aromatic rings. The molecule has 38 heavy (non-hydrogen) atoms. The van der Waals surface area contributed by atoms with Gasteiger partial charge >= 0.3 is 0 Å². The van der Waals surface area contributed by atoms with Gasteiger partial charge in [0.2, 0.25) is 0 Å². The lowest BCUT2D eigenvalue weighted by atomic mass is 9.71. The number of halogens is 4. The molecule has 2 aliphatic carbocycles. The quantitative estimate of drug-likeness (QED) is 0.403. The first-order valence-electron chi connectivity index (χ1n) is 12.2. The normalized spacial score (nSPS) is 25.7. The fourth-order valence-electron chi connectivity index (χ4n) is 5.70. The maximum absolute atomic E-state index is 13.6. The third-order valence-electron chi connectivity index (χ3n) is 7.83. The number of amides is 1. The Bertz CT molecular complexity index is 1350. The molecule has 2 saturated carbocycles. The lowest BCUT2D eigenvalue weighted by Crippen LogP contribution is -2.48. The van der Waals surface area contributed by atoms with Crippen LogP contribution in [0.3, 0.4) is 0 Å². The molecule has 0 aliphatic heterocycles. The SMILES string of the molecule is C[C@H](N)C(=O)CCC1(O)C2CC[C@H]1CC(S(=O)(=O)c1cc(C(=O)Nc3cc(F)c(F)c(F)c3)ccc1Cl)C2. The summed E-state index contributed by atoms with van der Waals surface area (Å²) in [4.78, 5) is 24.5. The van der Waals surface area contributed by atoms with Crippen molar-refractivity contribution in [3.63, 3.8) is 0 Å². The summed E-state index contributed by atoms with van der Waals surface area (Å²) in [6, 6.07) is 4.15. The van der Waals surface area contributed by atoms with Crippen LogP contribution in [0.4, 0.5) is 18.9 Å². The van der Waals surface area contributed by atoms with Gasteiger partial charge in [0.05, 0.1) is 26.8 Å². The number of hydrogen-bond acceptors (Lipinski definition) is 6. The van der Waals surface area contributed by atoms with E-state index in [1.165, 1.54) is 12.1 Å². The first-order chi connectivity index (χ1) is 17.7. The molecule has 0 heterocycles. The summed E-state index contributed by atoms with van der Waals surface area (Å²) in [5.74, 6) is -6.36. The van der Waals surface area contributed by atoms with Gasteiger partial charge in [0.15, 0.2) is 27.3 Å². The minimum Gasteiger partial charge on any atom is -0.389 e. The van der Waals surface area contributed by atoms with Crippen molar-refractivity contribution >= 4 is 38.8 Å². The number of benzene rings is 2. The lowest BCUT2D eigenvalue weighted by molar-refractivity contribution is -0.123. The highest BCUT2D eigenvalue weighted by Gasteiger charge is 2.55. The topological polar surface area (TPSA) is 127 Å². The summed E-state index contributed by atoms with van der Waals surface area (Å²) in [6.07, 6.45) is 1.92. The third kappa shape index (κ3) is 5.34. The number of nitrogens with one attached hydrogen (secondary N) is 1. The summed E-state index contributed by atoms with van der Waals surface area (Å²) in [5, 5.41) is 12.6. The van der Waals surface area contributed by atoms with Crippen molar-refractivity contribution in [3.05, 3.63) is 58.4 Å². The highest BCUT2D eigenvalue weighted by Crippen LogP contribution is 2.54. The highest BCUT2D eigenvalue weighted by molar-refractivity contribution is 7.92. The second kappa shape index (κ2) is 10.6. The number of anilines is 1. The second-order valence-electron chi connectivity index (χ2n) is 10.2. The van der Waals surface area contributed by atoms with E-state index < -0.39 is 50.1 Å². The molecule has 0 aromatic heterocycles. The van der Waals surface area contributed by atoms with E-state index in [0.717, 1.165) is 6.07 Å². The summed E-state index contributed by atoms with van der Waals surface area (Å²) in [7, 11) is -4.04. The summed E-state index contributed by atoms with van der Waals surface area (Å²) >= 11 is 6.23. The zero-order valence-electron chi connectivity index (χ0n) is 20.5. The number of aliphatic hydroxyl groups is 1. The molecule has 2 fully saturated rings. The molecule has 5 atom stereocenters. The molecule has 0 radical (unpaired) electrons. The number of nitrogens with two attached hydrogens (primary N) is 1. The average Bonchev–Trinajstić information content (AvgIpc) is 3.01. The number of rotatable bonds is 8. The van der Waals surface area contributed by atoms with Gasteiger partial charge in [-0.3, -0.25) is 9.59 Å². The van der Waals surface area contributed by atoms with Crippen LogP contribution >= 0.6 is 11.6 Å². The van der Waals surface area contributed by atoms with Gasteiger partial charge in [-0.25, -0.2) is 21.6 Å². The fourth-order valence-corrected chi connectivity index (χ4v) is 8.10. The van der Waals surface area contributed by atoms with Crippen molar-refractivity contribution in [1.82, 2.24) is 0 Å². The fraction of sp³-hybridized carbons (Fsp3) is 0.462. The first-order valence-corrected chi connectivity index (χ1v) is 14.2. The van der Waals surface area contributed by atoms with Crippen molar-refractivity contribution in [1.29, 1.82) is 0 Å². The van der Waals surface area contributed by atoms with E-state index in [1.807, 2.05) is 0 Å². The number of Topliss-reactive ketones (excluding diaryl/α,β-unsaturated/α-hetero) is 1. The van der Waals surface area contributed by atoms with Crippen molar-refractivity contribution < 1.29 is 36.3 Å². The van der Waals surface area contributed by atoms with Gasteiger partial charge in [-0.15, -0.1) is 0 Å². The van der Waals surface area contributed by atoms with Crippen LogP contribution in [0, 0.1) is 29.3 Å². The average molecular weight is 573 g/mol. The summed E-state index contributed by atoms with van der Waals surface area (Å²) < 4.78 is 67.5. The Morgan fingerprint density at radius 1 is 1.13 bits per heavy atom. The van der Waals surface area contributed by atoms with Crippen LogP contribution < -0.4 is 11.1 Å². The van der Waals surface area contributed by atoms with E-state index in [1.54, 1.807) is 6.92 Å². The predicted molar refractivity (Wildman–Crippen MR) is 135 cm³/mol. The molecule has 4 N–H and O–H groups in total. The molecular weight excluding hydrogens is 545 g/mol. The highest BCUT2D eigenvalue weighted by atomic mass is 35.5. The minimum atomic E-state index is -4.04. The molecule has 12 heteroatoms. The molecule has 1 amide bonds. The molecule has 2 bridgehead atoms. The van der Waals surface area contributed by atoms with Crippen molar-refractivity contribution in [2.24, 2.45) is 17.6 Å². The molecule has 0 saturated heterocycles. The summed E-state index contributed by atoms with van der Waals surface area (Å²) in [5.41, 5.74) is 4.00. The number of fused-ring (bicyclic) bond motifs is 2. The van der Waals surface area contributed by atoms with E-state index in [0.29, 0.717) is 25.0 Å². The Kier molecular flexibility index (Phi) is 7.96. The van der Waals surface area contributed by atoms with Crippen LogP contribution in [0.5, 0.6) is 0 Å². The van der Waals surface area contributed by atoms with Gasteiger partial charge in [-0.05, 0) is 69.1 Å². The Balaban J connectivity index is 1.54. The molecule has 2 aromatic carbocycles. The van der Waals surface area contributed by atoms with Crippen LogP contribution in [0.1, 0.15) is 55.8 Å². The van der Waals surface area contributed by atoms with Crippen molar-refractivity contribution in [2.45, 2.75) is 67.2 Å². The van der Waals surface area contributed by atoms with Gasteiger partial charge in [0.1, 0.15) is 5.78 Å². The van der Waals surface area contributed by atoms with Gasteiger partial charge in [0, 0.05) is 29.8 Å². The lowest BCUT2D eigenvalue weighted by Gasteiger charge is -2.42. The maximum atomic E-state index is 13.6. The Hall–Kier alpha value is -2.47. The molecule has 7 nitrogen and oxygen atoms in total. The number of hydrogen-bond donors (Lipinski definition) is 3. The largest absolute Gasteiger partial charge is 0.389 e. The Morgan fingerprint density at radius 2 is 1.71 bits per heavy atom. The zero-order chi connectivity index (χ0) is 28.0. The van der Waals surface area contributed by atoms with Crippen molar-refractivity contribution in [2.75, 3.05) is 5.32 Å². The molecule has 3 unspecified atom stereocenters. The van der Waals surface area contributed by atoms with E-state index in [4.69, 9.17) is 17.3 Å². The van der Waals surface area contributed by atoms with Gasteiger partial charge < -0.3 is 16.2 Å². The van der Waals surface area contributed by atoms with E-state index >= 15 is 0 Å². The second-order valence-corrected chi connectivity index (χ2v) is 12.8. The zero-order valence-corrected chi connectivity index (χ0v) is 22.1. The van der Waals surface area contributed by atoms with E-state index in [-0.39, 0.29) is 64.5 Å². The molecule has 4 rings (SSSR count). The molecule has 0 spiro atoms. The standard InChI is InChI=1S/C26H28ClF3N2O5S/c1-13(31)22(33)6-7-26(35)15-3-4-16(26)10-18(9-15)38(36,37)23-8-14(2-5-19(23)27)25(34)32-17-11-20(28)24(30)21(29)12-17/h2,5,8,11-13,15-16,18,35H,3-4,6-7,9-10,31H2,1H3,(H,32,34)/t13-,15-,16?,18?,26?/m0/s1. The smallest absolute Gasteiger partial charge is 0.255 e. The van der Waals surface area contributed by atoms with Crippen LogP contribution in [0.2, 0.25) is 5.02 Å². The van der Waals surface area contributed by atoms with Gasteiger partial charge in [0.25, 0.3) is 5.91 Å². The van der Waals surface area contributed by atoms with Crippen molar-refractivity contribution in [3.8, 4) is 0 Å².